The zero-order valence-electron chi connectivity index (χ0n) is 12.9. The molecule has 2 aliphatic rings. The first-order valence-electron chi connectivity index (χ1n) is 8.01. The Bertz CT molecular complexity index is 424. The summed E-state index contributed by atoms with van der Waals surface area (Å²) in [5.74, 6) is 0.874. The lowest BCUT2D eigenvalue weighted by Gasteiger charge is -2.32. The third kappa shape index (κ3) is 4.95. The van der Waals surface area contributed by atoms with E-state index in [-0.39, 0.29) is 0 Å². The van der Waals surface area contributed by atoms with Gasteiger partial charge in [0.1, 0.15) is 12.4 Å². The molecule has 21 heavy (non-hydrogen) atoms. The van der Waals surface area contributed by atoms with E-state index in [1.165, 1.54) is 12.8 Å². The number of nitrogens with zero attached hydrogens (tertiary/aromatic N) is 3. The Labute approximate surface area is 127 Å². The van der Waals surface area contributed by atoms with Crippen molar-refractivity contribution in [3.8, 4) is 5.75 Å². The van der Waals surface area contributed by atoms with Gasteiger partial charge in [0.2, 0.25) is 0 Å². The summed E-state index contributed by atoms with van der Waals surface area (Å²) in [6, 6.07) is 4.81. The van der Waals surface area contributed by atoms with Crippen LogP contribution in [0.2, 0.25) is 0 Å². The second kappa shape index (κ2) is 7.20. The Hall–Kier alpha value is -1.17. The maximum absolute atomic E-state index is 5.79. The molecular weight excluding hydrogens is 264 g/mol. The molecule has 5 heteroatoms. The van der Waals surface area contributed by atoms with E-state index in [2.05, 4.69) is 33.2 Å². The van der Waals surface area contributed by atoms with Crippen molar-refractivity contribution in [2.75, 3.05) is 46.4 Å². The standard InChI is InChI=1S/C16H26N4O/c1-19-6-8-20(9-7-19)10-11-21-16-5-4-15(18-13-16)12-17-14-2-3-14/h4-5,13-14,17H,2-3,6-12H2,1H3. The lowest BCUT2D eigenvalue weighted by Crippen LogP contribution is -2.45. The molecule has 0 amide bonds. The van der Waals surface area contributed by atoms with E-state index in [1.807, 2.05) is 12.3 Å². The van der Waals surface area contributed by atoms with Crippen LogP contribution in [0.4, 0.5) is 0 Å². The number of piperazine rings is 1. The zero-order chi connectivity index (χ0) is 14.5. The average Bonchev–Trinajstić information content (AvgIpc) is 3.33. The minimum Gasteiger partial charge on any atom is -0.491 e. The molecule has 0 aromatic carbocycles. The second-order valence-electron chi connectivity index (χ2n) is 6.13. The maximum atomic E-state index is 5.79. The third-order valence-electron chi connectivity index (χ3n) is 4.22. The van der Waals surface area contributed by atoms with Crippen molar-refractivity contribution in [2.45, 2.75) is 25.4 Å². The molecule has 1 aliphatic heterocycles. The Morgan fingerprint density at radius 1 is 1.24 bits per heavy atom. The van der Waals surface area contributed by atoms with Gasteiger partial charge in [-0.1, -0.05) is 0 Å². The summed E-state index contributed by atoms with van der Waals surface area (Å²) >= 11 is 0. The summed E-state index contributed by atoms with van der Waals surface area (Å²) in [7, 11) is 2.18. The van der Waals surface area contributed by atoms with Gasteiger partial charge in [0.15, 0.2) is 0 Å². The summed E-state index contributed by atoms with van der Waals surface area (Å²) in [6.07, 6.45) is 4.47. The highest BCUT2D eigenvalue weighted by molar-refractivity contribution is 5.19. The molecule has 1 aliphatic carbocycles. The van der Waals surface area contributed by atoms with Gasteiger partial charge in [-0.2, -0.15) is 0 Å². The van der Waals surface area contributed by atoms with Gasteiger partial charge in [0.05, 0.1) is 11.9 Å². The maximum Gasteiger partial charge on any atom is 0.137 e. The average molecular weight is 290 g/mol. The first-order chi connectivity index (χ1) is 10.3. The molecule has 0 bridgehead atoms. The van der Waals surface area contributed by atoms with E-state index < -0.39 is 0 Å². The molecule has 1 saturated heterocycles. The van der Waals surface area contributed by atoms with Gasteiger partial charge in [-0.05, 0) is 32.0 Å². The van der Waals surface area contributed by atoms with Crippen molar-refractivity contribution in [1.82, 2.24) is 20.1 Å². The highest BCUT2D eigenvalue weighted by atomic mass is 16.5. The summed E-state index contributed by atoms with van der Waals surface area (Å²) in [5, 5.41) is 3.47. The molecule has 3 rings (SSSR count). The van der Waals surface area contributed by atoms with Crippen LogP contribution < -0.4 is 10.1 Å². The number of aromatic nitrogens is 1. The van der Waals surface area contributed by atoms with E-state index >= 15 is 0 Å². The van der Waals surface area contributed by atoms with Gasteiger partial charge in [-0.25, -0.2) is 0 Å². The first-order valence-corrected chi connectivity index (χ1v) is 8.01. The van der Waals surface area contributed by atoms with Crippen LogP contribution in [0.25, 0.3) is 0 Å². The van der Waals surface area contributed by atoms with Crippen LogP contribution in [0.3, 0.4) is 0 Å². The number of hydrogen-bond donors (Lipinski definition) is 1. The second-order valence-corrected chi connectivity index (χ2v) is 6.13. The summed E-state index contributed by atoms with van der Waals surface area (Å²) in [4.78, 5) is 9.28. The molecule has 0 radical (unpaired) electrons. The van der Waals surface area contributed by atoms with E-state index in [0.717, 1.165) is 63.4 Å². The van der Waals surface area contributed by atoms with Gasteiger partial charge in [-0.3, -0.25) is 9.88 Å². The topological polar surface area (TPSA) is 40.6 Å². The first kappa shape index (κ1) is 14.8. The fourth-order valence-corrected chi connectivity index (χ4v) is 2.50. The Balaban J connectivity index is 1.34. The Kier molecular flexibility index (Phi) is 5.06. The molecule has 2 heterocycles. The summed E-state index contributed by atoms with van der Waals surface area (Å²) in [6.45, 7) is 7.21. The molecule has 0 unspecified atom stereocenters. The fourth-order valence-electron chi connectivity index (χ4n) is 2.50. The molecule has 5 nitrogen and oxygen atoms in total. The van der Waals surface area contributed by atoms with Crippen LogP contribution in [0.1, 0.15) is 18.5 Å². The molecule has 1 saturated carbocycles. The molecule has 0 spiro atoms. The molecule has 2 fully saturated rings. The van der Waals surface area contributed by atoms with E-state index in [9.17, 15) is 0 Å². The van der Waals surface area contributed by atoms with Crippen LogP contribution in [-0.4, -0.2) is 67.2 Å². The number of rotatable bonds is 7. The number of pyridine rings is 1. The molecule has 1 N–H and O–H groups in total. The van der Waals surface area contributed by atoms with E-state index in [0.29, 0.717) is 0 Å². The van der Waals surface area contributed by atoms with Crippen molar-refractivity contribution >= 4 is 0 Å². The highest BCUT2D eigenvalue weighted by Crippen LogP contribution is 2.19. The van der Waals surface area contributed by atoms with Gasteiger partial charge >= 0.3 is 0 Å². The van der Waals surface area contributed by atoms with E-state index in [4.69, 9.17) is 4.74 Å². The predicted molar refractivity (Wildman–Crippen MR) is 83.5 cm³/mol. The summed E-state index contributed by atoms with van der Waals surface area (Å²) < 4.78 is 5.79. The minimum absolute atomic E-state index is 0.728. The van der Waals surface area contributed by atoms with Crippen LogP contribution in [0.5, 0.6) is 5.75 Å². The number of nitrogens with one attached hydrogen (secondary N) is 1. The lowest BCUT2D eigenvalue weighted by atomic mass is 10.3. The third-order valence-corrected chi connectivity index (χ3v) is 4.22. The summed E-state index contributed by atoms with van der Waals surface area (Å²) in [5.41, 5.74) is 1.09. The van der Waals surface area contributed by atoms with Gasteiger partial charge in [-0.15, -0.1) is 0 Å². The Morgan fingerprint density at radius 2 is 2.05 bits per heavy atom. The molecule has 1 aromatic heterocycles. The molecule has 116 valence electrons. The molecule has 1 aromatic rings. The van der Waals surface area contributed by atoms with Gasteiger partial charge in [0.25, 0.3) is 0 Å². The monoisotopic (exact) mass is 290 g/mol. The van der Waals surface area contributed by atoms with Crippen molar-refractivity contribution in [3.63, 3.8) is 0 Å². The van der Waals surface area contributed by atoms with Gasteiger partial charge in [0, 0.05) is 45.3 Å². The highest BCUT2D eigenvalue weighted by Gasteiger charge is 2.20. The SMILES string of the molecule is CN1CCN(CCOc2ccc(CNC3CC3)nc2)CC1. The molecular formula is C16H26N4O. The van der Waals surface area contributed by atoms with E-state index in [1.54, 1.807) is 0 Å². The van der Waals surface area contributed by atoms with Crippen LogP contribution in [-0.2, 0) is 6.54 Å². The molecule has 0 atom stereocenters. The number of likely N-dealkylation sites (N-methyl/N-ethyl adjacent to an activating group) is 1. The van der Waals surface area contributed by atoms with Crippen LogP contribution in [0, 0.1) is 0 Å². The fraction of sp³-hybridized carbons (Fsp3) is 0.688. The smallest absolute Gasteiger partial charge is 0.137 e. The Morgan fingerprint density at radius 3 is 2.71 bits per heavy atom. The largest absolute Gasteiger partial charge is 0.491 e. The van der Waals surface area contributed by atoms with Crippen LogP contribution >= 0.6 is 0 Å². The number of hydrogen-bond acceptors (Lipinski definition) is 5. The normalized spacial score (nSPS) is 20.6. The van der Waals surface area contributed by atoms with Crippen molar-refractivity contribution < 1.29 is 4.74 Å². The zero-order valence-corrected chi connectivity index (χ0v) is 12.9. The lowest BCUT2D eigenvalue weighted by molar-refractivity contribution is 0.133. The number of ether oxygens (including phenoxy) is 1. The van der Waals surface area contributed by atoms with Crippen molar-refractivity contribution in [1.29, 1.82) is 0 Å². The minimum atomic E-state index is 0.728. The predicted octanol–water partition coefficient (Wildman–Crippen LogP) is 0.960. The quantitative estimate of drug-likeness (QED) is 0.810. The van der Waals surface area contributed by atoms with Crippen LogP contribution in [0.15, 0.2) is 18.3 Å². The van der Waals surface area contributed by atoms with Crippen molar-refractivity contribution in [2.24, 2.45) is 0 Å². The van der Waals surface area contributed by atoms with Gasteiger partial charge < -0.3 is 15.0 Å². The van der Waals surface area contributed by atoms with Crippen molar-refractivity contribution in [3.05, 3.63) is 24.0 Å².